The Morgan fingerprint density at radius 1 is 1.29 bits per heavy atom. The summed E-state index contributed by atoms with van der Waals surface area (Å²) >= 11 is 0. The zero-order valence-corrected chi connectivity index (χ0v) is 10.9. The van der Waals surface area contributed by atoms with Gasteiger partial charge >= 0.3 is 0 Å². The van der Waals surface area contributed by atoms with Crippen molar-refractivity contribution in [2.45, 2.75) is 45.1 Å². The highest BCUT2D eigenvalue weighted by Gasteiger charge is 2.44. The first-order chi connectivity index (χ1) is 7.83. The average Bonchev–Trinajstić information content (AvgIpc) is 2.25. The smallest absolute Gasteiger partial charge is 0.208 e. The van der Waals surface area contributed by atoms with Gasteiger partial charge in [-0.1, -0.05) is 29.8 Å². The molecule has 1 fully saturated rings. The van der Waals surface area contributed by atoms with E-state index in [1.165, 1.54) is 5.56 Å². The van der Waals surface area contributed by atoms with Gasteiger partial charge < -0.3 is 15.2 Å². The van der Waals surface area contributed by atoms with Gasteiger partial charge in [0, 0.05) is 11.1 Å². The molecule has 0 aromatic heterocycles. The summed E-state index contributed by atoms with van der Waals surface area (Å²) < 4.78 is 5.71. The molecule has 0 saturated carbocycles. The van der Waals surface area contributed by atoms with Gasteiger partial charge in [-0.25, -0.2) is 0 Å². The number of aliphatic hydroxyl groups is 1. The van der Waals surface area contributed by atoms with Crippen LogP contribution in [0.3, 0.4) is 0 Å². The summed E-state index contributed by atoms with van der Waals surface area (Å²) in [6.45, 7) is 8.60. The maximum atomic E-state index is 10.6. The van der Waals surface area contributed by atoms with Crippen molar-refractivity contribution in [3.05, 3.63) is 35.4 Å². The lowest BCUT2D eigenvalue weighted by atomic mass is 9.92. The van der Waals surface area contributed by atoms with E-state index in [9.17, 15) is 5.11 Å². The highest BCUT2D eigenvalue weighted by molar-refractivity contribution is 5.26. The topological polar surface area (TPSA) is 41.5 Å². The molecule has 3 nitrogen and oxygen atoms in total. The van der Waals surface area contributed by atoms with Crippen molar-refractivity contribution in [2.75, 3.05) is 6.61 Å². The molecule has 1 heterocycles. The van der Waals surface area contributed by atoms with Crippen molar-refractivity contribution in [3.8, 4) is 0 Å². The second-order valence-electron chi connectivity index (χ2n) is 5.60. The lowest BCUT2D eigenvalue weighted by molar-refractivity contribution is -0.263. The van der Waals surface area contributed by atoms with Crippen LogP contribution >= 0.6 is 0 Å². The van der Waals surface area contributed by atoms with Crippen molar-refractivity contribution in [3.63, 3.8) is 0 Å². The van der Waals surface area contributed by atoms with Crippen LogP contribution in [0.15, 0.2) is 24.3 Å². The monoisotopic (exact) mass is 235 g/mol. The normalized spacial score (nSPS) is 32.4. The van der Waals surface area contributed by atoms with E-state index in [0.29, 0.717) is 6.61 Å². The Morgan fingerprint density at radius 3 is 2.41 bits per heavy atom. The Labute approximate surface area is 103 Å². The molecule has 0 radical (unpaired) electrons. The van der Waals surface area contributed by atoms with Gasteiger partial charge in [0.05, 0.1) is 12.6 Å². The van der Waals surface area contributed by atoms with Crippen molar-refractivity contribution in [2.24, 2.45) is 0 Å². The van der Waals surface area contributed by atoms with Gasteiger partial charge in [-0.15, -0.1) is 0 Å². The van der Waals surface area contributed by atoms with Gasteiger partial charge in [0.15, 0.2) is 0 Å². The van der Waals surface area contributed by atoms with Crippen LogP contribution in [0.2, 0.25) is 0 Å². The van der Waals surface area contributed by atoms with Gasteiger partial charge in [-0.05, 0) is 27.7 Å². The largest absolute Gasteiger partial charge is 0.361 e. The van der Waals surface area contributed by atoms with Crippen LogP contribution in [0.1, 0.15) is 31.9 Å². The Bertz CT molecular complexity index is 399. The first-order valence-electron chi connectivity index (χ1n) is 6.05. The summed E-state index contributed by atoms with van der Waals surface area (Å²) in [5.74, 6) is -1.23. The third kappa shape index (κ3) is 2.37. The van der Waals surface area contributed by atoms with Crippen LogP contribution in [0.4, 0.5) is 0 Å². The van der Waals surface area contributed by atoms with E-state index in [2.05, 4.69) is 19.2 Å². The third-order valence-electron chi connectivity index (χ3n) is 3.31. The fourth-order valence-corrected chi connectivity index (χ4v) is 2.27. The number of nitrogens with one attached hydrogen (secondary N) is 1. The molecule has 1 aromatic carbocycles. The van der Waals surface area contributed by atoms with E-state index in [-0.39, 0.29) is 11.6 Å². The van der Waals surface area contributed by atoms with E-state index in [0.717, 1.165) is 5.56 Å². The highest BCUT2D eigenvalue weighted by Crippen LogP contribution is 2.32. The molecule has 2 atom stereocenters. The summed E-state index contributed by atoms with van der Waals surface area (Å²) in [5, 5.41) is 14.0. The van der Waals surface area contributed by atoms with Gasteiger partial charge in [-0.3, -0.25) is 0 Å². The SMILES string of the molecule is Cc1ccc(C2(O)OCC(C)(C)NC2C)cc1. The number of hydrogen-bond acceptors (Lipinski definition) is 3. The van der Waals surface area contributed by atoms with Gasteiger partial charge in [0.1, 0.15) is 0 Å². The maximum absolute atomic E-state index is 10.6. The fourth-order valence-electron chi connectivity index (χ4n) is 2.27. The number of morpholine rings is 1. The Morgan fingerprint density at radius 2 is 1.88 bits per heavy atom. The van der Waals surface area contributed by atoms with E-state index >= 15 is 0 Å². The van der Waals surface area contributed by atoms with E-state index in [4.69, 9.17) is 4.74 Å². The molecule has 1 aliphatic rings. The van der Waals surface area contributed by atoms with Crippen LogP contribution in [-0.2, 0) is 10.5 Å². The summed E-state index contributed by atoms with van der Waals surface area (Å²) in [6.07, 6.45) is 0. The van der Waals surface area contributed by atoms with E-state index in [1.807, 2.05) is 38.1 Å². The van der Waals surface area contributed by atoms with Crippen molar-refractivity contribution >= 4 is 0 Å². The standard InChI is InChI=1S/C14H21NO2/c1-10-5-7-12(8-6-10)14(16)11(2)15-13(3,4)9-17-14/h5-8,11,15-16H,9H2,1-4H3. The van der Waals surface area contributed by atoms with Crippen LogP contribution in [-0.4, -0.2) is 23.3 Å². The zero-order chi connectivity index (χ0) is 12.7. The molecule has 3 heteroatoms. The number of rotatable bonds is 1. The number of aryl methyl sites for hydroxylation is 1. The molecular formula is C14H21NO2. The third-order valence-corrected chi connectivity index (χ3v) is 3.31. The molecular weight excluding hydrogens is 214 g/mol. The molecule has 17 heavy (non-hydrogen) atoms. The molecule has 0 amide bonds. The van der Waals surface area contributed by atoms with Crippen molar-refractivity contribution in [1.29, 1.82) is 0 Å². The van der Waals surface area contributed by atoms with Gasteiger partial charge in [-0.2, -0.15) is 0 Å². The quantitative estimate of drug-likeness (QED) is 0.781. The molecule has 94 valence electrons. The summed E-state index contributed by atoms with van der Waals surface area (Å²) in [7, 11) is 0. The first-order valence-corrected chi connectivity index (χ1v) is 6.05. The van der Waals surface area contributed by atoms with Crippen LogP contribution in [0.25, 0.3) is 0 Å². The first kappa shape index (κ1) is 12.6. The lowest BCUT2D eigenvalue weighted by Crippen LogP contribution is -2.63. The second-order valence-corrected chi connectivity index (χ2v) is 5.60. The van der Waals surface area contributed by atoms with E-state index in [1.54, 1.807) is 0 Å². The second kappa shape index (κ2) is 4.09. The predicted octanol–water partition coefficient (Wildman–Crippen LogP) is 1.93. The molecule has 0 spiro atoms. The summed E-state index contributed by atoms with van der Waals surface area (Å²) in [6, 6.07) is 7.68. The minimum Gasteiger partial charge on any atom is -0.361 e. The minimum atomic E-state index is -1.23. The zero-order valence-electron chi connectivity index (χ0n) is 10.9. The average molecular weight is 235 g/mol. The summed E-state index contributed by atoms with van der Waals surface area (Å²) in [5.41, 5.74) is 1.88. The number of ether oxygens (including phenoxy) is 1. The van der Waals surface area contributed by atoms with Crippen molar-refractivity contribution < 1.29 is 9.84 Å². The minimum absolute atomic E-state index is 0.101. The number of benzene rings is 1. The lowest BCUT2D eigenvalue weighted by Gasteiger charge is -2.46. The maximum Gasteiger partial charge on any atom is 0.208 e. The van der Waals surface area contributed by atoms with Gasteiger partial charge in [0.25, 0.3) is 0 Å². The predicted molar refractivity (Wildman–Crippen MR) is 67.7 cm³/mol. The molecule has 2 unspecified atom stereocenters. The molecule has 0 bridgehead atoms. The van der Waals surface area contributed by atoms with Crippen LogP contribution < -0.4 is 5.32 Å². The van der Waals surface area contributed by atoms with Crippen molar-refractivity contribution in [1.82, 2.24) is 5.32 Å². The Hall–Kier alpha value is -0.900. The summed E-state index contributed by atoms with van der Waals surface area (Å²) in [4.78, 5) is 0. The van der Waals surface area contributed by atoms with Crippen LogP contribution in [0, 0.1) is 6.92 Å². The molecule has 1 aromatic rings. The molecule has 2 rings (SSSR count). The van der Waals surface area contributed by atoms with E-state index < -0.39 is 5.79 Å². The Kier molecular flexibility index (Phi) is 3.02. The number of hydrogen-bond donors (Lipinski definition) is 2. The van der Waals surface area contributed by atoms with Crippen LogP contribution in [0.5, 0.6) is 0 Å². The molecule has 0 aliphatic carbocycles. The fraction of sp³-hybridized carbons (Fsp3) is 0.571. The molecule has 2 N–H and O–H groups in total. The Balaban J connectivity index is 2.28. The van der Waals surface area contributed by atoms with Gasteiger partial charge in [0.2, 0.25) is 5.79 Å². The molecule has 1 aliphatic heterocycles. The molecule has 1 saturated heterocycles. The highest BCUT2D eigenvalue weighted by atomic mass is 16.6.